The Kier molecular flexibility index (Phi) is 2.94. The molecule has 0 aliphatic heterocycles. The first-order chi connectivity index (χ1) is 8.86. The van der Waals surface area contributed by atoms with E-state index in [-0.39, 0.29) is 5.56 Å². The Morgan fingerprint density at radius 3 is 2.74 bits per heavy atom. The molecule has 2 aromatic heterocycles. The Morgan fingerprint density at radius 2 is 2.05 bits per heavy atom. The van der Waals surface area contributed by atoms with Crippen LogP contribution in [0.15, 0.2) is 4.79 Å². The van der Waals surface area contributed by atoms with E-state index in [0.717, 1.165) is 29.5 Å². The highest BCUT2D eigenvalue weighted by molar-refractivity contribution is 7.71. The molecule has 19 heavy (non-hydrogen) atoms. The molecule has 2 heterocycles. The number of rotatable bonds is 0. The molecule has 3 nitrogen and oxygen atoms in total. The summed E-state index contributed by atoms with van der Waals surface area (Å²) in [4.78, 5) is 20.2. The van der Waals surface area contributed by atoms with Crippen LogP contribution in [-0.4, -0.2) is 9.97 Å². The molecule has 0 radical (unpaired) electrons. The minimum Gasteiger partial charge on any atom is -0.323 e. The normalized spacial score (nSPS) is 19.6. The molecule has 102 valence electrons. The van der Waals surface area contributed by atoms with Crippen molar-refractivity contribution in [3.8, 4) is 0 Å². The van der Waals surface area contributed by atoms with Gasteiger partial charge in [-0.2, -0.15) is 0 Å². The fourth-order valence-electron chi connectivity index (χ4n) is 2.95. The summed E-state index contributed by atoms with van der Waals surface area (Å²) in [6, 6.07) is 0. The zero-order chi connectivity index (χ0) is 13.8. The maximum Gasteiger partial charge on any atom is 0.260 e. The first kappa shape index (κ1) is 13.1. The molecular formula is C14H18N2OS2. The van der Waals surface area contributed by atoms with Gasteiger partial charge in [-0.3, -0.25) is 9.78 Å². The number of aromatic amines is 2. The Bertz CT molecular complexity index is 745. The van der Waals surface area contributed by atoms with Crippen molar-refractivity contribution in [2.75, 3.05) is 0 Å². The van der Waals surface area contributed by atoms with Crippen LogP contribution in [0.3, 0.4) is 0 Å². The second-order valence-corrected chi connectivity index (χ2v) is 7.94. The number of thiophene rings is 1. The van der Waals surface area contributed by atoms with E-state index >= 15 is 0 Å². The van der Waals surface area contributed by atoms with Gasteiger partial charge in [0, 0.05) is 4.88 Å². The molecule has 0 saturated carbocycles. The van der Waals surface area contributed by atoms with Crippen LogP contribution in [0, 0.1) is 16.1 Å². The summed E-state index contributed by atoms with van der Waals surface area (Å²) in [6.07, 6.45) is 3.25. The van der Waals surface area contributed by atoms with Gasteiger partial charge in [-0.05, 0) is 48.4 Å². The fraction of sp³-hybridized carbons (Fsp3) is 0.571. The highest BCUT2D eigenvalue weighted by Gasteiger charge is 2.31. The lowest BCUT2D eigenvalue weighted by Gasteiger charge is -2.33. The predicted octanol–water partition coefficient (Wildman–Crippen LogP) is 3.80. The Balaban J connectivity index is 2.16. The predicted molar refractivity (Wildman–Crippen MR) is 82.6 cm³/mol. The molecule has 2 aromatic rings. The van der Waals surface area contributed by atoms with Crippen molar-refractivity contribution in [2.45, 2.75) is 40.0 Å². The standard InChI is InChI=1S/C14H18N2OS2/c1-14(2,3)7-4-5-8-9(6-7)19-12-10(8)11(17)15-13(18)16-12/h7H,4-6H2,1-3H3,(H2,15,16,17,18)/t7-/m1/s1. The highest BCUT2D eigenvalue weighted by Crippen LogP contribution is 2.41. The quantitative estimate of drug-likeness (QED) is 0.726. The molecule has 0 bridgehead atoms. The Hall–Kier alpha value is -0.940. The van der Waals surface area contributed by atoms with Crippen molar-refractivity contribution in [3.05, 3.63) is 25.6 Å². The molecule has 1 aliphatic carbocycles. The van der Waals surface area contributed by atoms with Gasteiger partial charge in [0.25, 0.3) is 5.56 Å². The largest absolute Gasteiger partial charge is 0.323 e. The van der Waals surface area contributed by atoms with Crippen LogP contribution in [0.25, 0.3) is 10.2 Å². The van der Waals surface area contributed by atoms with Crippen LogP contribution in [0.1, 0.15) is 37.6 Å². The average Bonchev–Trinajstić information content (AvgIpc) is 2.64. The minimum atomic E-state index is -0.0366. The first-order valence-corrected chi connectivity index (χ1v) is 7.85. The van der Waals surface area contributed by atoms with E-state index < -0.39 is 0 Å². The van der Waals surface area contributed by atoms with Crippen LogP contribution in [-0.2, 0) is 12.8 Å². The van der Waals surface area contributed by atoms with E-state index in [2.05, 4.69) is 30.7 Å². The van der Waals surface area contributed by atoms with Gasteiger partial charge in [-0.1, -0.05) is 20.8 Å². The summed E-state index contributed by atoms with van der Waals surface area (Å²) in [5.74, 6) is 0.690. The first-order valence-electron chi connectivity index (χ1n) is 6.63. The van der Waals surface area contributed by atoms with Crippen LogP contribution < -0.4 is 5.56 Å². The average molecular weight is 294 g/mol. The minimum absolute atomic E-state index is 0.0366. The molecule has 0 amide bonds. The number of nitrogens with one attached hydrogen (secondary N) is 2. The van der Waals surface area contributed by atoms with Gasteiger partial charge in [-0.25, -0.2) is 0 Å². The smallest absolute Gasteiger partial charge is 0.260 e. The van der Waals surface area contributed by atoms with Crippen LogP contribution >= 0.6 is 23.6 Å². The van der Waals surface area contributed by atoms with Crippen molar-refractivity contribution >= 4 is 33.8 Å². The summed E-state index contributed by atoms with van der Waals surface area (Å²) in [5, 5.41) is 0.834. The molecule has 0 spiro atoms. The molecule has 1 atom stereocenters. The zero-order valence-electron chi connectivity index (χ0n) is 11.4. The van der Waals surface area contributed by atoms with Gasteiger partial charge < -0.3 is 4.98 Å². The maximum absolute atomic E-state index is 12.1. The topological polar surface area (TPSA) is 48.6 Å². The molecule has 0 unspecified atom stereocenters. The van der Waals surface area contributed by atoms with E-state index in [1.165, 1.54) is 10.4 Å². The summed E-state index contributed by atoms with van der Waals surface area (Å²) in [5.41, 5.74) is 1.53. The molecule has 1 aliphatic rings. The maximum atomic E-state index is 12.1. The lowest BCUT2D eigenvalue weighted by molar-refractivity contribution is 0.218. The van der Waals surface area contributed by atoms with Gasteiger partial charge >= 0.3 is 0 Å². The van der Waals surface area contributed by atoms with Gasteiger partial charge in [0.15, 0.2) is 4.77 Å². The van der Waals surface area contributed by atoms with E-state index in [1.807, 2.05) is 0 Å². The lowest BCUT2D eigenvalue weighted by Crippen LogP contribution is -2.26. The lowest BCUT2D eigenvalue weighted by atomic mass is 9.72. The number of hydrogen-bond acceptors (Lipinski definition) is 3. The third kappa shape index (κ3) is 2.19. The monoisotopic (exact) mass is 294 g/mol. The summed E-state index contributed by atoms with van der Waals surface area (Å²) < 4.78 is 0.420. The van der Waals surface area contributed by atoms with Gasteiger partial charge in [0.05, 0.1) is 5.39 Å². The summed E-state index contributed by atoms with van der Waals surface area (Å²) >= 11 is 6.75. The summed E-state index contributed by atoms with van der Waals surface area (Å²) in [6.45, 7) is 6.91. The molecule has 3 rings (SSSR count). The van der Waals surface area contributed by atoms with Crippen LogP contribution in [0.2, 0.25) is 0 Å². The third-order valence-electron chi connectivity index (χ3n) is 4.17. The molecule has 0 fully saturated rings. The van der Waals surface area contributed by atoms with Crippen molar-refractivity contribution in [1.29, 1.82) is 0 Å². The summed E-state index contributed by atoms with van der Waals surface area (Å²) in [7, 11) is 0. The zero-order valence-corrected chi connectivity index (χ0v) is 13.1. The Morgan fingerprint density at radius 1 is 1.32 bits per heavy atom. The third-order valence-corrected chi connectivity index (χ3v) is 5.55. The molecular weight excluding hydrogens is 276 g/mol. The number of aromatic nitrogens is 2. The van der Waals surface area contributed by atoms with Crippen LogP contribution in [0.5, 0.6) is 0 Å². The highest BCUT2D eigenvalue weighted by atomic mass is 32.1. The molecule has 0 aromatic carbocycles. The molecule has 0 saturated heterocycles. The van der Waals surface area contributed by atoms with Gasteiger partial charge in [0.2, 0.25) is 0 Å². The van der Waals surface area contributed by atoms with Crippen molar-refractivity contribution in [2.24, 2.45) is 11.3 Å². The SMILES string of the molecule is CC(C)(C)[C@@H]1CCc2c(sc3[nH]c(=S)[nH]c(=O)c23)C1. The van der Waals surface area contributed by atoms with Crippen LogP contribution in [0.4, 0.5) is 0 Å². The number of hydrogen-bond donors (Lipinski definition) is 2. The van der Waals surface area contributed by atoms with Gasteiger partial charge in [0.1, 0.15) is 4.83 Å². The van der Waals surface area contributed by atoms with Gasteiger partial charge in [-0.15, -0.1) is 11.3 Å². The fourth-order valence-corrected chi connectivity index (χ4v) is 4.54. The van der Waals surface area contributed by atoms with Crippen molar-refractivity contribution < 1.29 is 0 Å². The van der Waals surface area contributed by atoms with E-state index in [1.54, 1.807) is 11.3 Å². The number of fused-ring (bicyclic) bond motifs is 3. The Labute approximate surface area is 121 Å². The second-order valence-electron chi connectivity index (χ2n) is 6.42. The van der Waals surface area contributed by atoms with Crippen molar-refractivity contribution in [3.63, 3.8) is 0 Å². The van der Waals surface area contributed by atoms with Crippen molar-refractivity contribution in [1.82, 2.24) is 9.97 Å². The molecule has 2 N–H and O–H groups in total. The number of H-pyrrole nitrogens is 2. The second kappa shape index (κ2) is 4.28. The van der Waals surface area contributed by atoms with E-state index in [0.29, 0.717) is 16.1 Å². The number of aryl methyl sites for hydroxylation is 1. The van der Waals surface area contributed by atoms with E-state index in [9.17, 15) is 4.79 Å². The van der Waals surface area contributed by atoms with E-state index in [4.69, 9.17) is 12.2 Å². The molecule has 5 heteroatoms.